The molecular formula is C13H18N2O. The van der Waals surface area contributed by atoms with Gasteiger partial charge in [0.2, 0.25) is 5.91 Å². The van der Waals surface area contributed by atoms with E-state index in [1.165, 1.54) is 12.8 Å². The standard InChI is InChI=1S/C13H18N2O/c1-15(10-12-8-4-5-9-14-12)13(16)11-6-2-3-7-11/h4-5,8-9,11H,2-3,6-7,10H2,1H3. The number of carbonyl (C=O) groups excluding carboxylic acids is 1. The molecule has 0 saturated heterocycles. The number of nitrogens with zero attached hydrogens (tertiary/aromatic N) is 2. The van der Waals surface area contributed by atoms with Crippen molar-refractivity contribution in [2.45, 2.75) is 32.2 Å². The van der Waals surface area contributed by atoms with Crippen molar-refractivity contribution in [1.82, 2.24) is 9.88 Å². The first-order valence-electron chi connectivity index (χ1n) is 5.92. The number of hydrogen-bond donors (Lipinski definition) is 0. The summed E-state index contributed by atoms with van der Waals surface area (Å²) in [5.74, 6) is 0.539. The first-order valence-corrected chi connectivity index (χ1v) is 5.92. The van der Waals surface area contributed by atoms with Crippen LogP contribution in [0.4, 0.5) is 0 Å². The molecule has 1 fully saturated rings. The molecule has 1 heterocycles. The molecule has 2 rings (SSSR count). The number of amides is 1. The first kappa shape index (κ1) is 11.1. The van der Waals surface area contributed by atoms with Gasteiger partial charge in [-0.25, -0.2) is 0 Å². The van der Waals surface area contributed by atoms with E-state index >= 15 is 0 Å². The Morgan fingerprint density at radius 3 is 2.81 bits per heavy atom. The monoisotopic (exact) mass is 218 g/mol. The highest BCUT2D eigenvalue weighted by Gasteiger charge is 2.25. The van der Waals surface area contributed by atoms with Gasteiger partial charge in [0, 0.05) is 19.2 Å². The zero-order chi connectivity index (χ0) is 11.4. The van der Waals surface area contributed by atoms with Gasteiger partial charge in [-0.2, -0.15) is 0 Å². The van der Waals surface area contributed by atoms with Crippen molar-refractivity contribution in [3.63, 3.8) is 0 Å². The number of carbonyl (C=O) groups is 1. The summed E-state index contributed by atoms with van der Waals surface area (Å²) in [6.45, 7) is 0.621. The van der Waals surface area contributed by atoms with Crippen LogP contribution in [-0.2, 0) is 11.3 Å². The molecule has 0 spiro atoms. The Kier molecular flexibility index (Phi) is 3.54. The first-order chi connectivity index (χ1) is 7.77. The molecule has 1 aliphatic carbocycles. The Bertz CT molecular complexity index is 344. The number of pyridine rings is 1. The lowest BCUT2D eigenvalue weighted by molar-refractivity contribution is -0.134. The zero-order valence-electron chi connectivity index (χ0n) is 9.72. The minimum Gasteiger partial charge on any atom is -0.340 e. The fraction of sp³-hybridized carbons (Fsp3) is 0.538. The van der Waals surface area contributed by atoms with Gasteiger partial charge in [-0.3, -0.25) is 9.78 Å². The van der Waals surface area contributed by atoms with Crippen LogP contribution < -0.4 is 0 Å². The number of hydrogen-bond acceptors (Lipinski definition) is 2. The summed E-state index contributed by atoms with van der Waals surface area (Å²) in [6, 6.07) is 5.80. The largest absolute Gasteiger partial charge is 0.340 e. The molecule has 0 radical (unpaired) electrons. The minimum atomic E-state index is 0.258. The highest BCUT2D eigenvalue weighted by Crippen LogP contribution is 2.26. The van der Waals surface area contributed by atoms with Crippen molar-refractivity contribution in [3.05, 3.63) is 30.1 Å². The molecule has 0 N–H and O–H groups in total. The van der Waals surface area contributed by atoms with Crippen LogP contribution in [-0.4, -0.2) is 22.8 Å². The van der Waals surface area contributed by atoms with Crippen molar-refractivity contribution in [2.75, 3.05) is 7.05 Å². The molecule has 86 valence electrons. The maximum Gasteiger partial charge on any atom is 0.225 e. The molecule has 3 nitrogen and oxygen atoms in total. The van der Waals surface area contributed by atoms with Crippen LogP contribution in [0.15, 0.2) is 24.4 Å². The van der Waals surface area contributed by atoms with Crippen molar-refractivity contribution in [3.8, 4) is 0 Å². The van der Waals surface area contributed by atoms with E-state index in [9.17, 15) is 4.79 Å². The van der Waals surface area contributed by atoms with Crippen molar-refractivity contribution < 1.29 is 4.79 Å². The Balaban J connectivity index is 1.92. The van der Waals surface area contributed by atoms with Gasteiger partial charge in [-0.1, -0.05) is 18.9 Å². The summed E-state index contributed by atoms with van der Waals surface area (Å²) < 4.78 is 0. The van der Waals surface area contributed by atoms with Crippen LogP contribution in [0.2, 0.25) is 0 Å². The molecule has 0 aromatic carbocycles. The van der Waals surface area contributed by atoms with E-state index in [-0.39, 0.29) is 11.8 Å². The fourth-order valence-corrected chi connectivity index (χ4v) is 2.30. The van der Waals surface area contributed by atoms with Gasteiger partial charge in [0.05, 0.1) is 12.2 Å². The third-order valence-corrected chi connectivity index (χ3v) is 3.21. The second-order valence-electron chi connectivity index (χ2n) is 4.50. The lowest BCUT2D eigenvalue weighted by Gasteiger charge is -2.20. The second-order valence-corrected chi connectivity index (χ2v) is 4.50. The van der Waals surface area contributed by atoms with E-state index < -0.39 is 0 Å². The molecule has 1 saturated carbocycles. The molecule has 1 aromatic rings. The lowest BCUT2D eigenvalue weighted by atomic mass is 10.1. The minimum absolute atomic E-state index is 0.258. The summed E-state index contributed by atoms with van der Waals surface area (Å²) in [7, 11) is 1.87. The van der Waals surface area contributed by atoms with Crippen molar-refractivity contribution in [1.29, 1.82) is 0 Å². The number of rotatable bonds is 3. The van der Waals surface area contributed by atoms with Crippen LogP contribution >= 0.6 is 0 Å². The lowest BCUT2D eigenvalue weighted by Crippen LogP contribution is -2.31. The molecule has 1 aromatic heterocycles. The van der Waals surface area contributed by atoms with Gasteiger partial charge in [0.15, 0.2) is 0 Å². The average molecular weight is 218 g/mol. The zero-order valence-corrected chi connectivity index (χ0v) is 9.72. The van der Waals surface area contributed by atoms with Gasteiger partial charge in [-0.15, -0.1) is 0 Å². The Labute approximate surface area is 96.5 Å². The van der Waals surface area contributed by atoms with Gasteiger partial charge < -0.3 is 4.90 Å². The average Bonchev–Trinajstić information content (AvgIpc) is 2.83. The molecule has 3 heteroatoms. The summed E-state index contributed by atoms with van der Waals surface area (Å²) in [5, 5.41) is 0. The van der Waals surface area contributed by atoms with Crippen molar-refractivity contribution >= 4 is 5.91 Å². The third kappa shape index (κ3) is 2.60. The molecular weight excluding hydrogens is 200 g/mol. The maximum absolute atomic E-state index is 12.0. The second kappa shape index (κ2) is 5.10. The quantitative estimate of drug-likeness (QED) is 0.779. The van der Waals surface area contributed by atoms with Gasteiger partial charge in [0.1, 0.15) is 0 Å². The molecule has 0 atom stereocenters. The summed E-state index contributed by atoms with van der Waals surface area (Å²) in [5.41, 5.74) is 0.955. The molecule has 16 heavy (non-hydrogen) atoms. The summed E-state index contributed by atoms with van der Waals surface area (Å²) in [4.78, 5) is 18.1. The normalized spacial score (nSPS) is 16.3. The predicted octanol–water partition coefficient (Wildman–Crippen LogP) is 2.23. The van der Waals surface area contributed by atoms with Crippen LogP contribution in [0.5, 0.6) is 0 Å². The Morgan fingerprint density at radius 1 is 1.44 bits per heavy atom. The highest BCUT2D eigenvalue weighted by atomic mass is 16.2. The Hall–Kier alpha value is -1.38. The fourth-order valence-electron chi connectivity index (χ4n) is 2.30. The van der Waals surface area contributed by atoms with E-state index in [2.05, 4.69) is 4.98 Å². The third-order valence-electron chi connectivity index (χ3n) is 3.21. The van der Waals surface area contributed by atoms with Gasteiger partial charge >= 0.3 is 0 Å². The topological polar surface area (TPSA) is 33.2 Å². The van der Waals surface area contributed by atoms with E-state index in [1.54, 1.807) is 11.1 Å². The molecule has 1 amide bonds. The number of aromatic nitrogens is 1. The van der Waals surface area contributed by atoms with Crippen LogP contribution in [0.25, 0.3) is 0 Å². The van der Waals surface area contributed by atoms with E-state index in [0.717, 1.165) is 18.5 Å². The van der Waals surface area contributed by atoms with Gasteiger partial charge in [0.25, 0.3) is 0 Å². The smallest absolute Gasteiger partial charge is 0.225 e. The molecule has 0 aliphatic heterocycles. The molecule has 0 unspecified atom stereocenters. The molecule has 0 bridgehead atoms. The SMILES string of the molecule is CN(Cc1ccccn1)C(=O)C1CCCC1. The molecule has 1 aliphatic rings. The summed E-state index contributed by atoms with van der Waals surface area (Å²) in [6.07, 6.45) is 6.29. The van der Waals surface area contributed by atoms with Crippen LogP contribution in [0.1, 0.15) is 31.4 Å². The van der Waals surface area contributed by atoms with Crippen molar-refractivity contribution in [2.24, 2.45) is 5.92 Å². The van der Waals surface area contributed by atoms with E-state index in [0.29, 0.717) is 6.54 Å². The predicted molar refractivity (Wildman–Crippen MR) is 62.7 cm³/mol. The van der Waals surface area contributed by atoms with E-state index in [4.69, 9.17) is 0 Å². The van der Waals surface area contributed by atoms with Gasteiger partial charge in [-0.05, 0) is 25.0 Å². The highest BCUT2D eigenvalue weighted by molar-refractivity contribution is 5.78. The maximum atomic E-state index is 12.0. The van der Waals surface area contributed by atoms with Crippen LogP contribution in [0, 0.1) is 5.92 Å². The van der Waals surface area contributed by atoms with Crippen LogP contribution in [0.3, 0.4) is 0 Å². The van der Waals surface area contributed by atoms with E-state index in [1.807, 2.05) is 25.2 Å². The summed E-state index contributed by atoms with van der Waals surface area (Å²) >= 11 is 0. The Morgan fingerprint density at radius 2 is 2.19 bits per heavy atom.